The van der Waals surface area contributed by atoms with E-state index in [9.17, 15) is 14.4 Å². The molecule has 0 aliphatic carbocycles. The first-order valence-corrected chi connectivity index (χ1v) is 11.9. The minimum Gasteiger partial charge on any atom is -0.496 e. The van der Waals surface area contributed by atoms with Crippen molar-refractivity contribution < 1.29 is 28.2 Å². The first-order chi connectivity index (χ1) is 16.1. The summed E-state index contributed by atoms with van der Waals surface area (Å²) in [6.45, 7) is 8.81. The van der Waals surface area contributed by atoms with Gasteiger partial charge in [0.05, 0.1) is 37.0 Å². The molecule has 3 heterocycles. The van der Waals surface area contributed by atoms with Crippen molar-refractivity contribution in [3.63, 3.8) is 0 Å². The maximum Gasteiger partial charge on any atom is 0.340 e. The predicted octanol–water partition coefficient (Wildman–Crippen LogP) is 3.56. The van der Waals surface area contributed by atoms with Crippen LogP contribution in [-0.2, 0) is 27.2 Å². The number of carbonyl (C=O) groups excluding carboxylic acids is 2. The Balaban J connectivity index is 1.67. The van der Waals surface area contributed by atoms with Gasteiger partial charge >= 0.3 is 11.6 Å². The van der Waals surface area contributed by atoms with E-state index in [-0.39, 0.29) is 29.8 Å². The van der Waals surface area contributed by atoms with E-state index in [4.69, 9.17) is 18.6 Å². The third kappa shape index (κ3) is 4.50. The van der Waals surface area contributed by atoms with Crippen LogP contribution in [0.15, 0.2) is 15.3 Å². The Morgan fingerprint density at radius 1 is 1.29 bits per heavy atom. The first kappa shape index (κ1) is 24.1. The van der Waals surface area contributed by atoms with Crippen LogP contribution < -0.4 is 15.1 Å². The van der Waals surface area contributed by atoms with Crippen LogP contribution in [-0.4, -0.2) is 49.2 Å². The molecule has 2 aromatic rings. The molecule has 4 rings (SSSR count). The zero-order chi connectivity index (χ0) is 24.6. The summed E-state index contributed by atoms with van der Waals surface area (Å²) in [4.78, 5) is 40.0. The number of fused-ring (bicyclic) bond motifs is 3. The number of aryl methyl sites for hydroxylation is 2. The van der Waals surface area contributed by atoms with Gasteiger partial charge in [0, 0.05) is 24.7 Å². The third-order valence-corrected chi connectivity index (χ3v) is 6.88. The van der Waals surface area contributed by atoms with E-state index in [1.807, 2.05) is 26.8 Å². The zero-order valence-corrected chi connectivity index (χ0v) is 20.6. The van der Waals surface area contributed by atoms with Gasteiger partial charge in [-0.15, -0.1) is 0 Å². The van der Waals surface area contributed by atoms with Crippen molar-refractivity contribution >= 4 is 22.8 Å². The Morgan fingerprint density at radius 2 is 2.06 bits per heavy atom. The maximum atomic E-state index is 13.1. The summed E-state index contributed by atoms with van der Waals surface area (Å²) in [5.74, 6) is 0.390. The lowest BCUT2D eigenvalue weighted by Gasteiger charge is -2.33. The van der Waals surface area contributed by atoms with E-state index in [0.29, 0.717) is 66.1 Å². The number of amides is 1. The number of piperidine rings is 1. The Labute approximate surface area is 199 Å². The number of likely N-dealkylation sites (tertiary alicyclic amines) is 1. The molecule has 0 saturated carbocycles. The van der Waals surface area contributed by atoms with E-state index >= 15 is 0 Å². The highest BCUT2D eigenvalue weighted by Crippen LogP contribution is 2.43. The van der Waals surface area contributed by atoms with Crippen LogP contribution >= 0.6 is 0 Å². The van der Waals surface area contributed by atoms with Crippen LogP contribution in [0.5, 0.6) is 11.5 Å². The van der Waals surface area contributed by atoms with E-state index in [2.05, 4.69) is 0 Å². The first-order valence-electron chi connectivity index (χ1n) is 11.9. The van der Waals surface area contributed by atoms with Crippen LogP contribution in [0, 0.1) is 12.8 Å². The minimum absolute atomic E-state index is 0.0938. The minimum atomic E-state index is -0.530. The molecular weight excluding hydrogens is 438 g/mol. The Hall–Kier alpha value is -3.03. The summed E-state index contributed by atoms with van der Waals surface area (Å²) in [7, 11) is 1.56. The topological polar surface area (TPSA) is 95.3 Å². The van der Waals surface area contributed by atoms with Gasteiger partial charge in [0.25, 0.3) is 0 Å². The zero-order valence-electron chi connectivity index (χ0n) is 20.6. The van der Waals surface area contributed by atoms with Crippen molar-refractivity contribution in [1.29, 1.82) is 0 Å². The molecule has 8 heteroatoms. The number of rotatable bonds is 5. The summed E-state index contributed by atoms with van der Waals surface area (Å²) >= 11 is 0. The fraction of sp³-hybridized carbons (Fsp3) is 0.577. The highest BCUT2D eigenvalue weighted by atomic mass is 16.5. The second-order valence-corrected chi connectivity index (χ2v) is 9.72. The molecule has 0 spiro atoms. The molecule has 1 fully saturated rings. The van der Waals surface area contributed by atoms with Gasteiger partial charge < -0.3 is 23.5 Å². The second-order valence-electron chi connectivity index (χ2n) is 9.72. The largest absolute Gasteiger partial charge is 0.496 e. The van der Waals surface area contributed by atoms with Gasteiger partial charge in [-0.05, 0) is 58.9 Å². The quantitative estimate of drug-likeness (QED) is 0.486. The molecule has 2 aliphatic heterocycles. The van der Waals surface area contributed by atoms with Crippen LogP contribution in [0.2, 0.25) is 0 Å². The van der Waals surface area contributed by atoms with Gasteiger partial charge in [0.1, 0.15) is 22.7 Å². The highest BCUT2D eigenvalue weighted by Gasteiger charge is 2.33. The fourth-order valence-electron chi connectivity index (χ4n) is 4.97. The molecule has 2 aliphatic rings. The number of benzene rings is 1. The molecule has 1 amide bonds. The van der Waals surface area contributed by atoms with Crippen molar-refractivity contribution in [3.05, 3.63) is 33.2 Å². The molecule has 1 aromatic carbocycles. The molecule has 8 nitrogen and oxygen atoms in total. The maximum absolute atomic E-state index is 13.1. The van der Waals surface area contributed by atoms with Gasteiger partial charge in [0.15, 0.2) is 0 Å². The van der Waals surface area contributed by atoms with Crippen molar-refractivity contribution in [1.82, 2.24) is 4.90 Å². The number of carbonyl (C=O) groups is 2. The van der Waals surface area contributed by atoms with E-state index in [0.717, 1.165) is 18.4 Å². The molecule has 34 heavy (non-hydrogen) atoms. The number of esters is 1. The van der Waals surface area contributed by atoms with Crippen LogP contribution in [0.3, 0.4) is 0 Å². The van der Waals surface area contributed by atoms with E-state index < -0.39 is 5.63 Å². The smallest absolute Gasteiger partial charge is 0.340 e. The average molecular weight is 472 g/mol. The molecule has 0 N–H and O–H groups in total. The summed E-state index contributed by atoms with van der Waals surface area (Å²) in [6, 6.07) is 1.84. The Kier molecular flexibility index (Phi) is 6.60. The van der Waals surface area contributed by atoms with Gasteiger partial charge in [-0.2, -0.15) is 0 Å². The van der Waals surface area contributed by atoms with E-state index in [1.54, 1.807) is 18.9 Å². The molecular formula is C26H33NO7. The third-order valence-electron chi connectivity index (χ3n) is 6.88. The van der Waals surface area contributed by atoms with Gasteiger partial charge in [-0.25, -0.2) is 4.79 Å². The van der Waals surface area contributed by atoms with Gasteiger partial charge in [-0.1, -0.05) is 0 Å². The molecule has 1 atom stereocenters. The molecule has 0 bridgehead atoms. The normalized spacial score (nSPS) is 19.3. The molecule has 0 unspecified atom stereocenters. The number of hydrogen-bond acceptors (Lipinski definition) is 7. The monoisotopic (exact) mass is 471 g/mol. The summed E-state index contributed by atoms with van der Waals surface area (Å²) in [5.41, 5.74) is 1.44. The molecule has 1 aromatic heterocycles. The van der Waals surface area contributed by atoms with Crippen molar-refractivity contribution in [2.24, 2.45) is 5.92 Å². The van der Waals surface area contributed by atoms with Crippen LogP contribution in [0.25, 0.3) is 11.0 Å². The molecule has 1 saturated heterocycles. The van der Waals surface area contributed by atoms with Gasteiger partial charge in [-0.3, -0.25) is 9.59 Å². The van der Waals surface area contributed by atoms with Gasteiger partial charge in [0.2, 0.25) is 5.91 Å². The van der Waals surface area contributed by atoms with Crippen molar-refractivity contribution in [2.75, 3.05) is 26.8 Å². The lowest BCUT2D eigenvalue weighted by atomic mass is 9.91. The number of methoxy groups -OCH3 is 1. The number of hydrogen-bond donors (Lipinski definition) is 0. The second kappa shape index (κ2) is 9.31. The highest BCUT2D eigenvalue weighted by molar-refractivity contribution is 5.93. The number of ether oxygens (including phenoxy) is 3. The SMILES string of the molecule is CCOC(=O)[C@@H]1CCCN(C(=O)Cc2c(C)c3c(OC)cc4c(c3oc2=O)CCC(C)(C)O4)C1. The summed E-state index contributed by atoms with van der Waals surface area (Å²) in [5, 5.41) is 0.690. The summed E-state index contributed by atoms with van der Waals surface area (Å²) in [6.07, 6.45) is 2.83. The molecule has 0 radical (unpaired) electrons. The van der Waals surface area contributed by atoms with Crippen molar-refractivity contribution in [2.45, 2.75) is 65.4 Å². The van der Waals surface area contributed by atoms with Crippen molar-refractivity contribution in [3.8, 4) is 11.5 Å². The lowest BCUT2D eigenvalue weighted by molar-refractivity contribution is -0.151. The molecule has 184 valence electrons. The predicted molar refractivity (Wildman–Crippen MR) is 126 cm³/mol. The van der Waals surface area contributed by atoms with Crippen LogP contribution in [0.1, 0.15) is 56.7 Å². The number of nitrogens with zero attached hydrogens (tertiary/aromatic N) is 1. The Morgan fingerprint density at radius 3 is 2.76 bits per heavy atom. The van der Waals surface area contributed by atoms with Crippen LogP contribution in [0.4, 0.5) is 0 Å². The lowest BCUT2D eigenvalue weighted by Crippen LogP contribution is -2.43. The van der Waals surface area contributed by atoms with E-state index in [1.165, 1.54) is 0 Å². The fourth-order valence-corrected chi connectivity index (χ4v) is 4.97. The average Bonchev–Trinajstić information content (AvgIpc) is 2.80. The standard InChI is InChI=1S/C26H33NO7/c1-6-32-24(29)16-8-7-11-27(14-16)21(28)12-18-15(2)22-20(31-5)13-19-17(23(22)33-25(18)30)9-10-26(3,4)34-19/h13,16H,6-12,14H2,1-5H3/t16-/m1/s1. The Bertz CT molecular complexity index is 1180. The summed E-state index contributed by atoms with van der Waals surface area (Å²) < 4.78 is 22.7.